The topological polar surface area (TPSA) is 63.1 Å². The summed E-state index contributed by atoms with van der Waals surface area (Å²) in [5, 5.41) is 5.57. The number of methoxy groups -OCH3 is 1. The Hall–Kier alpha value is -3.54. The number of para-hydroxylation sites is 3. The monoisotopic (exact) mass is 372 g/mol. The maximum absolute atomic E-state index is 13.1. The Labute approximate surface area is 162 Å². The summed E-state index contributed by atoms with van der Waals surface area (Å²) < 4.78 is 7.08. The first-order chi connectivity index (χ1) is 13.7. The molecule has 0 bridgehead atoms. The summed E-state index contributed by atoms with van der Waals surface area (Å²) in [7, 11) is 1.63. The first kappa shape index (κ1) is 16.6. The van der Waals surface area contributed by atoms with Crippen LogP contribution >= 0.6 is 0 Å². The van der Waals surface area contributed by atoms with Gasteiger partial charge < -0.3 is 14.6 Å². The van der Waals surface area contributed by atoms with Gasteiger partial charge in [-0.3, -0.25) is 4.79 Å². The van der Waals surface area contributed by atoms with E-state index in [0.29, 0.717) is 24.4 Å². The van der Waals surface area contributed by atoms with Gasteiger partial charge in [-0.2, -0.15) is 5.10 Å². The van der Waals surface area contributed by atoms with Crippen molar-refractivity contribution in [3.63, 3.8) is 0 Å². The maximum Gasteiger partial charge on any atom is 0.257 e. The van der Waals surface area contributed by atoms with Crippen LogP contribution in [-0.2, 0) is 13.0 Å². The van der Waals surface area contributed by atoms with Gasteiger partial charge in [0.05, 0.1) is 18.9 Å². The van der Waals surface area contributed by atoms with E-state index in [1.807, 2.05) is 41.3 Å². The number of benzene rings is 2. The zero-order valence-corrected chi connectivity index (χ0v) is 15.6. The summed E-state index contributed by atoms with van der Waals surface area (Å²) >= 11 is 0. The average Bonchev–Trinajstić information content (AvgIpc) is 3.37. The fraction of sp³-hybridized carbons (Fsp3) is 0.182. The van der Waals surface area contributed by atoms with E-state index in [9.17, 15) is 4.79 Å². The second-order valence-corrected chi connectivity index (χ2v) is 6.95. The fourth-order valence-corrected chi connectivity index (χ4v) is 3.91. The van der Waals surface area contributed by atoms with Gasteiger partial charge in [-0.05, 0) is 18.2 Å². The SMILES string of the molecule is COc1ccccc1-n1cc(C(=O)N2CCc3[nH]c4ccccc4c3C2)cn1. The van der Waals surface area contributed by atoms with E-state index < -0.39 is 0 Å². The van der Waals surface area contributed by atoms with E-state index in [1.165, 1.54) is 16.6 Å². The van der Waals surface area contributed by atoms with Crippen molar-refractivity contribution in [2.75, 3.05) is 13.7 Å². The Bertz CT molecular complexity index is 1170. The van der Waals surface area contributed by atoms with Gasteiger partial charge >= 0.3 is 0 Å². The molecule has 0 atom stereocenters. The van der Waals surface area contributed by atoms with Crippen LogP contribution in [0.15, 0.2) is 60.9 Å². The van der Waals surface area contributed by atoms with Crippen molar-refractivity contribution >= 4 is 16.8 Å². The highest BCUT2D eigenvalue weighted by atomic mass is 16.5. The lowest BCUT2D eigenvalue weighted by Crippen LogP contribution is -2.35. The van der Waals surface area contributed by atoms with Crippen LogP contribution < -0.4 is 4.74 Å². The van der Waals surface area contributed by atoms with Crippen molar-refractivity contribution in [2.45, 2.75) is 13.0 Å². The molecule has 0 radical (unpaired) electrons. The Morgan fingerprint density at radius 3 is 2.86 bits per heavy atom. The summed E-state index contributed by atoms with van der Waals surface area (Å²) in [4.78, 5) is 18.5. The normalized spacial score (nSPS) is 13.5. The number of hydrogen-bond donors (Lipinski definition) is 1. The van der Waals surface area contributed by atoms with E-state index in [4.69, 9.17) is 4.74 Å². The maximum atomic E-state index is 13.1. The Morgan fingerprint density at radius 1 is 1.14 bits per heavy atom. The van der Waals surface area contributed by atoms with Gasteiger partial charge in [-0.1, -0.05) is 30.3 Å². The molecule has 0 fully saturated rings. The van der Waals surface area contributed by atoms with Gasteiger partial charge in [0.15, 0.2) is 0 Å². The number of hydrogen-bond acceptors (Lipinski definition) is 3. The van der Waals surface area contributed by atoms with Crippen LogP contribution in [0.3, 0.4) is 0 Å². The lowest BCUT2D eigenvalue weighted by atomic mass is 10.0. The van der Waals surface area contributed by atoms with Crippen LogP contribution in [-0.4, -0.2) is 39.2 Å². The van der Waals surface area contributed by atoms with Crippen molar-refractivity contribution in [1.82, 2.24) is 19.7 Å². The van der Waals surface area contributed by atoms with Gasteiger partial charge in [-0.15, -0.1) is 0 Å². The molecule has 2 aromatic carbocycles. The summed E-state index contributed by atoms with van der Waals surface area (Å²) in [5.74, 6) is 0.711. The molecule has 0 saturated carbocycles. The first-order valence-electron chi connectivity index (χ1n) is 9.30. The summed E-state index contributed by atoms with van der Waals surface area (Å²) in [6.07, 6.45) is 4.22. The van der Waals surface area contributed by atoms with E-state index in [1.54, 1.807) is 24.2 Å². The van der Waals surface area contributed by atoms with Crippen molar-refractivity contribution in [3.05, 3.63) is 77.7 Å². The number of aromatic amines is 1. The minimum Gasteiger partial charge on any atom is -0.494 e. The number of nitrogens with one attached hydrogen (secondary N) is 1. The van der Waals surface area contributed by atoms with Gasteiger partial charge in [0.1, 0.15) is 11.4 Å². The molecular weight excluding hydrogens is 352 g/mol. The van der Waals surface area contributed by atoms with Crippen molar-refractivity contribution in [1.29, 1.82) is 0 Å². The molecule has 1 amide bonds. The number of carbonyl (C=O) groups is 1. The van der Waals surface area contributed by atoms with Gasteiger partial charge in [-0.25, -0.2) is 4.68 Å². The van der Waals surface area contributed by atoms with Crippen LogP contribution in [0.2, 0.25) is 0 Å². The number of amides is 1. The highest BCUT2D eigenvalue weighted by Gasteiger charge is 2.25. The zero-order chi connectivity index (χ0) is 19.1. The van der Waals surface area contributed by atoms with Crippen molar-refractivity contribution < 1.29 is 9.53 Å². The lowest BCUT2D eigenvalue weighted by Gasteiger charge is -2.26. The van der Waals surface area contributed by atoms with Crippen molar-refractivity contribution in [2.24, 2.45) is 0 Å². The second-order valence-electron chi connectivity index (χ2n) is 6.95. The third-order valence-corrected chi connectivity index (χ3v) is 5.33. The number of carbonyl (C=O) groups excluding carboxylic acids is 1. The molecule has 1 N–H and O–H groups in total. The molecule has 2 aromatic heterocycles. The molecule has 0 spiro atoms. The number of nitrogens with zero attached hydrogens (tertiary/aromatic N) is 3. The molecule has 28 heavy (non-hydrogen) atoms. The Morgan fingerprint density at radius 2 is 1.96 bits per heavy atom. The second kappa shape index (κ2) is 6.56. The van der Waals surface area contributed by atoms with Gasteiger partial charge in [0, 0.05) is 47.9 Å². The highest BCUT2D eigenvalue weighted by molar-refractivity contribution is 5.94. The molecule has 140 valence electrons. The predicted octanol–water partition coefficient (Wildman–Crippen LogP) is 3.56. The summed E-state index contributed by atoms with van der Waals surface area (Å²) in [6, 6.07) is 15.9. The quantitative estimate of drug-likeness (QED) is 0.598. The Kier molecular flexibility index (Phi) is 3.90. The largest absolute Gasteiger partial charge is 0.494 e. The minimum atomic E-state index is -0.00270. The van der Waals surface area contributed by atoms with Crippen LogP contribution in [0.5, 0.6) is 5.75 Å². The third kappa shape index (κ3) is 2.65. The molecule has 0 unspecified atom stereocenters. The van der Waals surface area contributed by atoms with Crippen LogP contribution in [0, 0.1) is 0 Å². The van der Waals surface area contributed by atoms with Crippen LogP contribution in [0.1, 0.15) is 21.6 Å². The number of ether oxygens (including phenoxy) is 1. The predicted molar refractivity (Wildman–Crippen MR) is 107 cm³/mol. The summed E-state index contributed by atoms with van der Waals surface area (Å²) in [5.41, 5.74) is 4.96. The minimum absolute atomic E-state index is 0.00270. The van der Waals surface area contributed by atoms with E-state index in [0.717, 1.165) is 17.6 Å². The number of aromatic nitrogens is 3. The summed E-state index contributed by atoms with van der Waals surface area (Å²) in [6.45, 7) is 1.30. The van der Waals surface area contributed by atoms with Crippen molar-refractivity contribution in [3.8, 4) is 11.4 Å². The molecule has 4 aromatic rings. The first-order valence-corrected chi connectivity index (χ1v) is 9.30. The molecule has 3 heterocycles. The standard InChI is InChI=1S/C22H20N4O2/c1-28-21-9-5-4-8-20(21)26-13-15(12-23-26)22(27)25-11-10-19-17(14-25)16-6-2-3-7-18(16)24-19/h2-9,12-13,24H,10-11,14H2,1H3. The van der Waals surface area contributed by atoms with Gasteiger partial charge in [0.25, 0.3) is 5.91 Å². The Balaban J connectivity index is 1.43. The fourth-order valence-electron chi connectivity index (χ4n) is 3.91. The molecule has 6 heteroatoms. The number of fused-ring (bicyclic) bond motifs is 3. The van der Waals surface area contributed by atoms with Crippen LogP contribution in [0.25, 0.3) is 16.6 Å². The third-order valence-electron chi connectivity index (χ3n) is 5.33. The molecule has 1 aliphatic heterocycles. The molecule has 0 aliphatic carbocycles. The van der Waals surface area contributed by atoms with E-state index in [-0.39, 0.29) is 5.91 Å². The lowest BCUT2D eigenvalue weighted by molar-refractivity contribution is 0.0735. The van der Waals surface area contributed by atoms with E-state index >= 15 is 0 Å². The highest BCUT2D eigenvalue weighted by Crippen LogP contribution is 2.28. The van der Waals surface area contributed by atoms with Gasteiger partial charge in [0.2, 0.25) is 0 Å². The number of rotatable bonds is 3. The number of H-pyrrole nitrogens is 1. The molecule has 5 rings (SSSR count). The van der Waals surface area contributed by atoms with E-state index in [2.05, 4.69) is 22.2 Å². The van der Waals surface area contributed by atoms with Crippen LogP contribution in [0.4, 0.5) is 0 Å². The average molecular weight is 372 g/mol. The molecule has 6 nitrogen and oxygen atoms in total. The zero-order valence-electron chi connectivity index (χ0n) is 15.6. The molecular formula is C22H20N4O2. The molecule has 1 aliphatic rings. The smallest absolute Gasteiger partial charge is 0.257 e. The molecule has 0 saturated heterocycles.